The molecule has 1 heterocycles. The van der Waals surface area contributed by atoms with E-state index >= 15 is 0 Å². The van der Waals surface area contributed by atoms with Gasteiger partial charge in [-0.15, -0.1) is 5.10 Å². The average molecular weight is 330 g/mol. The van der Waals surface area contributed by atoms with Crippen LogP contribution in [0.15, 0.2) is 24.3 Å². The molecule has 23 heavy (non-hydrogen) atoms. The minimum atomic E-state index is -0.780. The fourth-order valence-corrected chi connectivity index (χ4v) is 3.13. The molecule has 0 unspecified atom stereocenters. The SMILES string of the molecule is Cc1c(C(=O)NC2(C#N)CCCC2)nnn1-c1ccccc1Cl. The molecular formula is C16H16ClN5O. The first-order valence-corrected chi connectivity index (χ1v) is 7.85. The maximum absolute atomic E-state index is 12.5. The molecule has 0 saturated heterocycles. The predicted molar refractivity (Wildman–Crippen MR) is 85.4 cm³/mol. The molecule has 1 amide bonds. The molecule has 1 aliphatic rings. The molecule has 6 nitrogen and oxygen atoms in total. The van der Waals surface area contributed by atoms with Gasteiger partial charge in [-0.1, -0.05) is 28.9 Å². The molecule has 0 atom stereocenters. The second-order valence-electron chi connectivity index (χ2n) is 5.74. The number of carbonyl (C=O) groups excluding carboxylic acids is 1. The van der Waals surface area contributed by atoms with Gasteiger partial charge < -0.3 is 5.32 Å². The van der Waals surface area contributed by atoms with Crippen LogP contribution < -0.4 is 5.32 Å². The number of hydrogen-bond acceptors (Lipinski definition) is 4. The van der Waals surface area contributed by atoms with E-state index in [-0.39, 0.29) is 11.6 Å². The number of nitrogens with one attached hydrogen (secondary N) is 1. The van der Waals surface area contributed by atoms with E-state index in [1.807, 2.05) is 12.1 Å². The lowest BCUT2D eigenvalue weighted by Gasteiger charge is -2.21. The van der Waals surface area contributed by atoms with Gasteiger partial charge in [-0.2, -0.15) is 5.26 Å². The monoisotopic (exact) mass is 329 g/mol. The fraction of sp³-hybridized carbons (Fsp3) is 0.375. The highest BCUT2D eigenvalue weighted by molar-refractivity contribution is 6.32. The minimum absolute atomic E-state index is 0.214. The molecule has 2 aromatic rings. The molecule has 0 spiro atoms. The van der Waals surface area contributed by atoms with E-state index < -0.39 is 5.54 Å². The number of nitriles is 1. The van der Waals surface area contributed by atoms with E-state index in [1.54, 1.807) is 19.1 Å². The Morgan fingerprint density at radius 2 is 2.09 bits per heavy atom. The summed E-state index contributed by atoms with van der Waals surface area (Å²) in [5.41, 5.74) is 0.680. The first-order chi connectivity index (χ1) is 11.1. The van der Waals surface area contributed by atoms with Gasteiger partial charge in [0.2, 0.25) is 0 Å². The van der Waals surface area contributed by atoms with Crippen molar-refractivity contribution in [2.45, 2.75) is 38.1 Å². The zero-order chi connectivity index (χ0) is 16.4. The first-order valence-electron chi connectivity index (χ1n) is 7.47. The number of para-hydroxylation sites is 1. The molecule has 0 aliphatic heterocycles. The van der Waals surface area contributed by atoms with Crippen LogP contribution in [0.4, 0.5) is 0 Å². The molecule has 3 rings (SSSR count). The van der Waals surface area contributed by atoms with Crippen LogP contribution >= 0.6 is 11.6 Å². The first kappa shape index (κ1) is 15.5. The number of carbonyl (C=O) groups is 1. The number of benzene rings is 1. The number of rotatable bonds is 3. The number of aromatic nitrogens is 3. The van der Waals surface area contributed by atoms with Crippen molar-refractivity contribution in [2.75, 3.05) is 0 Å². The minimum Gasteiger partial charge on any atom is -0.332 e. The smallest absolute Gasteiger partial charge is 0.275 e. The zero-order valence-electron chi connectivity index (χ0n) is 12.7. The number of halogens is 1. The summed E-state index contributed by atoms with van der Waals surface area (Å²) in [4.78, 5) is 12.5. The van der Waals surface area contributed by atoms with Gasteiger partial charge in [-0.3, -0.25) is 4.79 Å². The van der Waals surface area contributed by atoms with Crippen molar-refractivity contribution in [2.24, 2.45) is 0 Å². The molecule has 0 radical (unpaired) electrons. The summed E-state index contributed by atoms with van der Waals surface area (Å²) in [6, 6.07) is 9.45. The van der Waals surface area contributed by atoms with Crippen LogP contribution in [0.5, 0.6) is 0 Å². The van der Waals surface area contributed by atoms with Gasteiger partial charge in [0.1, 0.15) is 5.54 Å². The quantitative estimate of drug-likeness (QED) is 0.938. The topological polar surface area (TPSA) is 83.6 Å². The third-order valence-electron chi connectivity index (χ3n) is 4.21. The summed E-state index contributed by atoms with van der Waals surface area (Å²) in [7, 11) is 0. The molecular weight excluding hydrogens is 314 g/mol. The van der Waals surface area contributed by atoms with E-state index in [0.717, 1.165) is 12.8 Å². The lowest BCUT2D eigenvalue weighted by Crippen LogP contribution is -2.45. The van der Waals surface area contributed by atoms with E-state index in [9.17, 15) is 10.1 Å². The standard InChI is InChI=1S/C16H16ClN5O/c1-11-14(15(23)19-16(10-18)8-4-5-9-16)20-21-22(11)13-7-3-2-6-12(13)17/h2-3,6-7H,4-5,8-9H2,1H3,(H,19,23). The van der Waals surface area contributed by atoms with Crippen molar-refractivity contribution in [1.82, 2.24) is 20.3 Å². The van der Waals surface area contributed by atoms with Gasteiger partial charge in [0, 0.05) is 0 Å². The molecule has 118 valence electrons. The van der Waals surface area contributed by atoms with Crippen LogP contribution in [0.1, 0.15) is 41.9 Å². The summed E-state index contributed by atoms with van der Waals surface area (Å²) in [5, 5.41) is 20.7. The van der Waals surface area contributed by atoms with Gasteiger partial charge in [0.15, 0.2) is 5.69 Å². The number of hydrogen-bond donors (Lipinski definition) is 1. The molecule has 1 N–H and O–H groups in total. The Morgan fingerprint density at radius 3 is 2.74 bits per heavy atom. The molecule has 1 fully saturated rings. The summed E-state index contributed by atoms with van der Waals surface area (Å²) >= 11 is 6.17. The summed E-state index contributed by atoms with van der Waals surface area (Å²) in [6.45, 7) is 1.76. The van der Waals surface area contributed by atoms with Crippen molar-refractivity contribution in [1.29, 1.82) is 5.26 Å². The van der Waals surface area contributed by atoms with Crippen LogP contribution in [0.2, 0.25) is 5.02 Å². The van der Waals surface area contributed by atoms with E-state index in [4.69, 9.17) is 11.6 Å². The summed E-state index contributed by atoms with van der Waals surface area (Å²) < 4.78 is 1.53. The third-order valence-corrected chi connectivity index (χ3v) is 4.53. The predicted octanol–water partition coefficient (Wildman–Crippen LogP) is 2.80. The molecule has 7 heteroatoms. The van der Waals surface area contributed by atoms with Crippen LogP contribution in [-0.2, 0) is 0 Å². The molecule has 1 aliphatic carbocycles. The van der Waals surface area contributed by atoms with Crippen molar-refractivity contribution in [3.05, 3.63) is 40.7 Å². The second-order valence-corrected chi connectivity index (χ2v) is 6.15. The van der Waals surface area contributed by atoms with Crippen LogP contribution in [0.3, 0.4) is 0 Å². The highest BCUT2D eigenvalue weighted by atomic mass is 35.5. The highest BCUT2D eigenvalue weighted by Crippen LogP contribution is 2.29. The van der Waals surface area contributed by atoms with Gasteiger partial charge >= 0.3 is 0 Å². The van der Waals surface area contributed by atoms with Crippen molar-refractivity contribution in [3.8, 4) is 11.8 Å². The third kappa shape index (κ3) is 2.80. The Hall–Kier alpha value is -2.39. The second kappa shape index (κ2) is 6.01. The largest absolute Gasteiger partial charge is 0.332 e. The Balaban J connectivity index is 1.89. The summed E-state index contributed by atoms with van der Waals surface area (Å²) in [6.07, 6.45) is 3.23. The molecule has 1 saturated carbocycles. The number of nitrogens with zero attached hydrogens (tertiary/aromatic N) is 4. The normalized spacial score (nSPS) is 16.0. The highest BCUT2D eigenvalue weighted by Gasteiger charge is 2.36. The van der Waals surface area contributed by atoms with E-state index in [0.29, 0.717) is 29.2 Å². The molecule has 1 aromatic heterocycles. The van der Waals surface area contributed by atoms with Gasteiger partial charge in [-0.25, -0.2) is 4.68 Å². The zero-order valence-corrected chi connectivity index (χ0v) is 13.5. The fourth-order valence-electron chi connectivity index (χ4n) is 2.91. The lowest BCUT2D eigenvalue weighted by atomic mass is 9.99. The molecule has 0 bridgehead atoms. The number of amides is 1. The van der Waals surface area contributed by atoms with Crippen molar-refractivity contribution in [3.63, 3.8) is 0 Å². The Kier molecular flexibility index (Phi) is 4.05. The maximum atomic E-state index is 12.5. The summed E-state index contributed by atoms with van der Waals surface area (Å²) in [5.74, 6) is -0.371. The maximum Gasteiger partial charge on any atom is 0.275 e. The average Bonchev–Trinajstić information content (AvgIpc) is 3.15. The lowest BCUT2D eigenvalue weighted by molar-refractivity contribution is 0.0915. The van der Waals surface area contributed by atoms with Crippen LogP contribution in [0.25, 0.3) is 5.69 Å². The van der Waals surface area contributed by atoms with Crippen LogP contribution in [0, 0.1) is 18.3 Å². The van der Waals surface area contributed by atoms with Gasteiger partial charge in [0.05, 0.1) is 22.5 Å². The van der Waals surface area contributed by atoms with E-state index in [2.05, 4.69) is 21.7 Å². The Morgan fingerprint density at radius 1 is 1.39 bits per heavy atom. The van der Waals surface area contributed by atoms with Gasteiger partial charge in [0.25, 0.3) is 5.91 Å². The Labute approximate surface area is 139 Å². The van der Waals surface area contributed by atoms with Crippen molar-refractivity contribution >= 4 is 17.5 Å². The van der Waals surface area contributed by atoms with Crippen LogP contribution in [-0.4, -0.2) is 26.4 Å². The van der Waals surface area contributed by atoms with Gasteiger partial charge in [-0.05, 0) is 44.7 Å². The van der Waals surface area contributed by atoms with E-state index in [1.165, 1.54) is 4.68 Å². The Bertz CT molecular complexity index is 786. The molecule has 1 aromatic carbocycles. The van der Waals surface area contributed by atoms with Crippen molar-refractivity contribution < 1.29 is 4.79 Å².